The molecule has 2 rings (SSSR count). The monoisotopic (exact) mass is 153 g/mol. The van der Waals surface area contributed by atoms with Gasteiger partial charge in [0.15, 0.2) is 0 Å². The van der Waals surface area contributed by atoms with E-state index in [2.05, 4.69) is 0 Å². The van der Waals surface area contributed by atoms with Crippen LogP contribution in [0.2, 0.25) is 0 Å². The van der Waals surface area contributed by atoms with E-state index in [9.17, 15) is 9.59 Å². The molecule has 0 radical (unpaired) electrons. The molecule has 1 aliphatic carbocycles. The van der Waals surface area contributed by atoms with Gasteiger partial charge in [-0.25, -0.2) is 0 Å². The summed E-state index contributed by atoms with van der Waals surface area (Å²) in [4.78, 5) is 23.3. The number of aldehydes is 1. The zero-order valence-corrected chi connectivity index (χ0v) is 6.32. The molecule has 1 heterocycles. The van der Waals surface area contributed by atoms with E-state index in [1.165, 1.54) is 0 Å². The van der Waals surface area contributed by atoms with E-state index in [-0.39, 0.29) is 11.8 Å². The molecule has 0 bridgehead atoms. The van der Waals surface area contributed by atoms with Crippen LogP contribution in [0.3, 0.4) is 0 Å². The Morgan fingerprint density at radius 3 is 2.45 bits per heavy atom. The standard InChI is InChI=1S/C8H11NO2/c10-5-6-3-9(4-6)8(11)7-1-2-7/h5-7H,1-4H2. The van der Waals surface area contributed by atoms with Gasteiger partial charge in [-0.3, -0.25) is 4.79 Å². The van der Waals surface area contributed by atoms with Crippen LogP contribution in [0.5, 0.6) is 0 Å². The van der Waals surface area contributed by atoms with Gasteiger partial charge in [-0.1, -0.05) is 0 Å². The van der Waals surface area contributed by atoms with Crippen LogP contribution in [0.15, 0.2) is 0 Å². The molecule has 0 atom stereocenters. The summed E-state index contributed by atoms with van der Waals surface area (Å²) in [6, 6.07) is 0. The Morgan fingerprint density at radius 1 is 1.36 bits per heavy atom. The van der Waals surface area contributed by atoms with Gasteiger partial charge in [0, 0.05) is 24.9 Å². The Kier molecular flexibility index (Phi) is 1.44. The predicted molar refractivity (Wildman–Crippen MR) is 38.9 cm³/mol. The summed E-state index contributed by atoms with van der Waals surface area (Å²) < 4.78 is 0. The van der Waals surface area contributed by atoms with E-state index in [1.807, 2.05) is 0 Å². The highest BCUT2D eigenvalue weighted by Crippen LogP contribution is 2.32. The minimum absolute atomic E-state index is 0.123. The second-order valence-electron chi connectivity index (χ2n) is 3.41. The maximum atomic E-state index is 11.3. The van der Waals surface area contributed by atoms with Crippen LogP contribution in [0.4, 0.5) is 0 Å². The van der Waals surface area contributed by atoms with Crippen molar-refractivity contribution in [2.75, 3.05) is 13.1 Å². The average molecular weight is 153 g/mol. The lowest BCUT2D eigenvalue weighted by molar-refractivity contribution is -0.140. The van der Waals surface area contributed by atoms with E-state index in [4.69, 9.17) is 0 Å². The zero-order valence-electron chi connectivity index (χ0n) is 6.32. The van der Waals surface area contributed by atoms with Crippen molar-refractivity contribution in [3.05, 3.63) is 0 Å². The lowest BCUT2D eigenvalue weighted by atomic mass is 10.0. The molecule has 3 nitrogen and oxygen atoms in total. The summed E-state index contributed by atoms with van der Waals surface area (Å²) in [6.07, 6.45) is 3.05. The van der Waals surface area contributed by atoms with Gasteiger partial charge in [0.05, 0.1) is 0 Å². The summed E-state index contributed by atoms with van der Waals surface area (Å²) in [5, 5.41) is 0. The number of nitrogens with zero attached hydrogens (tertiary/aromatic N) is 1. The minimum atomic E-state index is 0.123. The predicted octanol–water partition coefficient (Wildman–Crippen LogP) is 0.0537. The van der Waals surface area contributed by atoms with Gasteiger partial charge < -0.3 is 9.69 Å². The Hall–Kier alpha value is -0.860. The van der Waals surface area contributed by atoms with Crippen molar-refractivity contribution in [1.29, 1.82) is 0 Å². The third kappa shape index (κ3) is 1.15. The molecule has 0 aromatic rings. The van der Waals surface area contributed by atoms with E-state index in [1.54, 1.807) is 4.90 Å². The Labute approximate surface area is 65.4 Å². The molecule has 60 valence electrons. The first kappa shape index (κ1) is 6.83. The molecule has 0 aromatic carbocycles. The maximum absolute atomic E-state index is 11.3. The Morgan fingerprint density at radius 2 is 2.00 bits per heavy atom. The third-order valence-corrected chi connectivity index (χ3v) is 2.34. The number of amides is 1. The lowest BCUT2D eigenvalue weighted by Crippen LogP contribution is -2.51. The molecule has 3 heteroatoms. The van der Waals surface area contributed by atoms with Gasteiger partial charge in [0.2, 0.25) is 5.91 Å². The minimum Gasteiger partial charge on any atom is -0.341 e. The normalized spacial score (nSPS) is 24.5. The summed E-state index contributed by atoms with van der Waals surface area (Å²) in [6.45, 7) is 1.33. The van der Waals surface area contributed by atoms with E-state index >= 15 is 0 Å². The number of carbonyl (C=O) groups excluding carboxylic acids is 2. The highest BCUT2D eigenvalue weighted by atomic mass is 16.2. The molecule has 1 saturated heterocycles. The van der Waals surface area contributed by atoms with Crippen LogP contribution < -0.4 is 0 Å². The van der Waals surface area contributed by atoms with Crippen molar-refractivity contribution >= 4 is 12.2 Å². The number of hydrogen-bond acceptors (Lipinski definition) is 2. The van der Waals surface area contributed by atoms with Crippen molar-refractivity contribution in [3.63, 3.8) is 0 Å². The van der Waals surface area contributed by atoms with Crippen LogP contribution in [-0.2, 0) is 9.59 Å². The number of likely N-dealkylation sites (tertiary alicyclic amines) is 1. The lowest BCUT2D eigenvalue weighted by Gasteiger charge is -2.36. The number of rotatable bonds is 2. The van der Waals surface area contributed by atoms with Crippen LogP contribution in [0.1, 0.15) is 12.8 Å². The van der Waals surface area contributed by atoms with Crippen LogP contribution in [0.25, 0.3) is 0 Å². The first-order valence-electron chi connectivity index (χ1n) is 4.05. The zero-order chi connectivity index (χ0) is 7.84. The van der Waals surface area contributed by atoms with Gasteiger partial charge in [0.25, 0.3) is 0 Å². The molecule has 0 aromatic heterocycles. The van der Waals surface area contributed by atoms with Gasteiger partial charge in [0.1, 0.15) is 6.29 Å². The quantitative estimate of drug-likeness (QED) is 0.526. The molecule has 0 unspecified atom stereocenters. The van der Waals surface area contributed by atoms with Crippen molar-refractivity contribution in [2.45, 2.75) is 12.8 Å². The molecule has 1 saturated carbocycles. The van der Waals surface area contributed by atoms with Gasteiger partial charge in [-0.2, -0.15) is 0 Å². The van der Waals surface area contributed by atoms with Crippen molar-refractivity contribution in [1.82, 2.24) is 4.90 Å². The molecular formula is C8H11NO2. The fourth-order valence-electron chi connectivity index (χ4n) is 1.37. The molecule has 11 heavy (non-hydrogen) atoms. The van der Waals surface area contributed by atoms with Crippen LogP contribution in [0, 0.1) is 11.8 Å². The van der Waals surface area contributed by atoms with Gasteiger partial charge in [-0.15, -0.1) is 0 Å². The fraction of sp³-hybridized carbons (Fsp3) is 0.750. The summed E-state index contributed by atoms with van der Waals surface area (Å²) >= 11 is 0. The van der Waals surface area contributed by atoms with E-state index in [0.717, 1.165) is 19.1 Å². The smallest absolute Gasteiger partial charge is 0.225 e. The molecule has 2 aliphatic rings. The maximum Gasteiger partial charge on any atom is 0.225 e. The van der Waals surface area contributed by atoms with Crippen molar-refractivity contribution in [3.8, 4) is 0 Å². The van der Waals surface area contributed by atoms with Crippen molar-refractivity contribution < 1.29 is 9.59 Å². The molecule has 0 spiro atoms. The molecule has 1 amide bonds. The highest BCUT2D eigenvalue weighted by molar-refractivity contribution is 5.82. The summed E-state index contributed by atoms with van der Waals surface area (Å²) in [5.41, 5.74) is 0. The van der Waals surface area contributed by atoms with E-state index < -0.39 is 0 Å². The molecule has 2 fully saturated rings. The largest absolute Gasteiger partial charge is 0.341 e. The second-order valence-corrected chi connectivity index (χ2v) is 3.41. The average Bonchev–Trinajstić information content (AvgIpc) is 2.65. The highest BCUT2D eigenvalue weighted by Gasteiger charge is 2.38. The van der Waals surface area contributed by atoms with Crippen LogP contribution >= 0.6 is 0 Å². The van der Waals surface area contributed by atoms with Crippen LogP contribution in [-0.4, -0.2) is 30.2 Å². The summed E-state index contributed by atoms with van der Waals surface area (Å²) in [5.74, 6) is 0.698. The second kappa shape index (κ2) is 2.32. The van der Waals surface area contributed by atoms with Crippen molar-refractivity contribution in [2.24, 2.45) is 11.8 Å². The fourth-order valence-corrected chi connectivity index (χ4v) is 1.37. The Bertz CT molecular complexity index is 192. The molecule has 0 N–H and O–H groups in total. The summed E-state index contributed by atoms with van der Waals surface area (Å²) in [7, 11) is 0. The Balaban J connectivity index is 1.80. The van der Waals surface area contributed by atoms with Gasteiger partial charge in [-0.05, 0) is 12.8 Å². The molecular weight excluding hydrogens is 142 g/mol. The van der Waals surface area contributed by atoms with Gasteiger partial charge >= 0.3 is 0 Å². The number of hydrogen-bond donors (Lipinski definition) is 0. The number of carbonyl (C=O) groups is 2. The third-order valence-electron chi connectivity index (χ3n) is 2.34. The topological polar surface area (TPSA) is 37.4 Å². The first-order chi connectivity index (χ1) is 5.31. The van der Waals surface area contributed by atoms with E-state index in [0.29, 0.717) is 19.0 Å². The SMILES string of the molecule is O=CC1CN(C(=O)C2CC2)C1. The first-order valence-corrected chi connectivity index (χ1v) is 4.05. The molecule has 1 aliphatic heterocycles.